The second-order valence-electron chi connectivity index (χ2n) is 1.99. The van der Waals surface area contributed by atoms with Crippen LogP contribution in [-0.2, 0) is 9.53 Å². The van der Waals surface area contributed by atoms with Crippen LogP contribution >= 0.6 is 0 Å². The minimum Gasteiger partial charge on any atom is -0.459 e. The number of carbonyl (C=O) groups is 1. The zero-order valence-corrected chi connectivity index (χ0v) is 6.51. The minimum atomic E-state index is -2.51. The van der Waals surface area contributed by atoms with Gasteiger partial charge in [-0.2, -0.15) is 0 Å². The van der Waals surface area contributed by atoms with E-state index in [0.29, 0.717) is 0 Å². The molecule has 0 aromatic heterocycles. The zero-order valence-electron chi connectivity index (χ0n) is 6.51. The van der Waals surface area contributed by atoms with Crippen LogP contribution in [-0.4, -0.2) is 25.5 Å². The van der Waals surface area contributed by atoms with Gasteiger partial charge in [-0.15, -0.1) is 0 Å². The summed E-state index contributed by atoms with van der Waals surface area (Å²) >= 11 is 0. The van der Waals surface area contributed by atoms with Crippen molar-refractivity contribution < 1.29 is 18.3 Å². The molecule has 0 saturated heterocycles. The van der Waals surface area contributed by atoms with Gasteiger partial charge in [0, 0.05) is 12.3 Å². The Balaban J connectivity index is 3.86. The second-order valence-corrected chi connectivity index (χ2v) is 1.99. The molecule has 0 saturated carbocycles. The lowest BCUT2D eigenvalue weighted by atomic mass is 10.2. The number of nitrogens with two attached hydrogens (primary N) is 1. The van der Waals surface area contributed by atoms with E-state index in [0.717, 1.165) is 7.11 Å². The van der Waals surface area contributed by atoms with E-state index in [2.05, 4.69) is 10.7 Å². The van der Waals surface area contributed by atoms with E-state index in [9.17, 15) is 13.6 Å². The third-order valence-electron chi connectivity index (χ3n) is 0.977. The number of halogens is 2. The Morgan fingerprint density at radius 3 is 2.67 bits per heavy atom. The summed E-state index contributed by atoms with van der Waals surface area (Å²) in [6.07, 6.45) is -3.05. The van der Waals surface area contributed by atoms with Crippen LogP contribution in [0.2, 0.25) is 0 Å². The summed E-state index contributed by atoms with van der Waals surface area (Å²) in [5.74, 6) is 3.33. The first-order valence-electron chi connectivity index (χ1n) is 3.19. The van der Waals surface area contributed by atoms with Crippen LogP contribution in [0.4, 0.5) is 8.78 Å². The first-order chi connectivity index (χ1) is 5.56. The number of esters is 1. The monoisotopic (exact) mass is 177 g/mol. The molecule has 0 bridgehead atoms. The van der Waals surface area contributed by atoms with E-state index in [1.54, 1.807) is 0 Å². The summed E-state index contributed by atoms with van der Waals surface area (Å²) in [4.78, 5) is 10.4. The SMILES string of the molecule is COC(=O)C#CC(N)CC(F)F. The lowest BCUT2D eigenvalue weighted by Crippen LogP contribution is -2.21. The maximum Gasteiger partial charge on any atom is 0.384 e. The van der Waals surface area contributed by atoms with Crippen LogP contribution in [0.15, 0.2) is 0 Å². The molecule has 0 heterocycles. The summed E-state index contributed by atoms with van der Waals surface area (Å²) in [5.41, 5.74) is 5.12. The maximum absolute atomic E-state index is 11.6. The van der Waals surface area contributed by atoms with E-state index < -0.39 is 24.9 Å². The molecule has 1 unspecified atom stereocenters. The Hall–Kier alpha value is -1.15. The van der Waals surface area contributed by atoms with Crippen LogP contribution in [0.1, 0.15) is 6.42 Å². The molecule has 0 aliphatic heterocycles. The highest BCUT2D eigenvalue weighted by atomic mass is 19.3. The lowest BCUT2D eigenvalue weighted by Gasteiger charge is -2.00. The van der Waals surface area contributed by atoms with Crippen LogP contribution in [0.25, 0.3) is 0 Å². The molecule has 0 aromatic carbocycles. The molecule has 68 valence electrons. The zero-order chi connectivity index (χ0) is 9.56. The predicted octanol–water partition coefficient (Wildman–Crippen LogP) is 0.145. The highest BCUT2D eigenvalue weighted by Gasteiger charge is 2.07. The van der Waals surface area contributed by atoms with E-state index >= 15 is 0 Å². The molecule has 2 N–H and O–H groups in total. The highest BCUT2D eigenvalue weighted by molar-refractivity contribution is 5.88. The van der Waals surface area contributed by atoms with E-state index in [4.69, 9.17) is 5.73 Å². The number of carbonyl (C=O) groups excluding carboxylic acids is 1. The highest BCUT2D eigenvalue weighted by Crippen LogP contribution is 2.00. The topological polar surface area (TPSA) is 52.3 Å². The molecule has 0 aromatic rings. The molecular formula is C7H9F2NO2. The van der Waals surface area contributed by atoms with E-state index in [1.807, 2.05) is 5.92 Å². The third-order valence-corrected chi connectivity index (χ3v) is 0.977. The first kappa shape index (κ1) is 10.8. The number of methoxy groups -OCH3 is 1. The van der Waals surface area contributed by atoms with Crippen molar-refractivity contribution in [3.8, 4) is 11.8 Å². The minimum absolute atomic E-state index is 0.538. The van der Waals surface area contributed by atoms with Gasteiger partial charge in [0.25, 0.3) is 0 Å². The first-order valence-corrected chi connectivity index (χ1v) is 3.19. The van der Waals surface area contributed by atoms with Gasteiger partial charge in [0.05, 0.1) is 13.2 Å². The van der Waals surface area contributed by atoms with E-state index in [1.165, 1.54) is 0 Å². The maximum atomic E-state index is 11.6. The summed E-state index contributed by atoms with van der Waals surface area (Å²) in [6.45, 7) is 0. The predicted molar refractivity (Wildman–Crippen MR) is 38.4 cm³/mol. The molecule has 0 radical (unpaired) electrons. The van der Waals surface area contributed by atoms with Crippen molar-refractivity contribution in [1.82, 2.24) is 0 Å². The molecule has 5 heteroatoms. The van der Waals surface area contributed by atoms with Gasteiger partial charge in [-0.25, -0.2) is 13.6 Å². The van der Waals surface area contributed by atoms with Gasteiger partial charge in [0.2, 0.25) is 6.43 Å². The van der Waals surface area contributed by atoms with Crippen molar-refractivity contribution in [3.63, 3.8) is 0 Å². The van der Waals surface area contributed by atoms with Crippen molar-refractivity contribution in [2.24, 2.45) is 5.73 Å². The molecule has 0 rings (SSSR count). The van der Waals surface area contributed by atoms with Gasteiger partial charge >= 0.3 is 5.97 Å². The Morgan fingerprint density at radius 2 is 2.25 bits per heavy atom. The fourth-order valence-corrected chi connectivity index (χ4v) is 0.454. The van der Waals surface area contributed by atoms with Crippen LogP contribution in [0.5, 0.6) is 0 Å². The van der Waals surface area contributed by atoms with Crippen molar-refractivity contribution in [2.45, 2.75) is 18.9 Å². The normalized spacial score (nSPS) is 11.8. The average molecular weight is 177 g/mol. The summed E-state index contributed by atoms with van der Waals surface area (Å²) in [5, 5.41) is 0. The van der Waals surface area contributed by atoms with Gasteiger partial charge in [0.1, 0.15) is 0 Å². The Morgan fingerprint density at radius 1 is 1.67 bits per heavy atom. The molecule has 0 aliphatic carbocycles. The molecule has 0 amide bonds. The molecule has 12 heavy (non-hydrogen) atoms. The van der Waals surface area contributed by atoms with Gasteiger partial charge in [-0.1, -0.05) is 5.92 Å². The van der Waals surface area contributed by atoms with Gasteiger partial charge in [-0.05, 0) is 0 Å². The Labute approximate surface area is 68.9 Å². The van der Waals surface area contributed by atoms with Gasteiger partial charge < -0.3 is 10.5 Å². The fraction of sp³-hybridized carbons (Fsp3) is 0.571. The van der Waals surface area contributed by atoms with Gasteiger partial charge in [-0.3, -0.25) is 0 Å². The quantitative estimate of drug-likeness (QED) is 0.371. The van der Waals surface area contributed by atoms with Crippen LogP contribution < -0.4 is 5.73 Å². The van der Waals surface area contributed by atoms with Crippen LogP contribution in [0.3, 0.4) is 0 Å². The van der Waals surface area contributed by atoms with Crippen molar-refractivity contribution >= 4 is 5.97 Å². The molecule has 1 atom stereocenters. The van der Waals surface area contributed by atoms with Crippen LogP contribution in [0, 0.1) is 11.8 Å². The van der Waals surface area contributed by atoms with E-state index in [-0.39, 0.29) is 0 Å². The molecule has 0 fully saturated rings. The average Bonchev–Trinajstić information content (AvgIpc) is 1.99. The Kier molecular flexibility index (Phi) is 4.97. The van der Waals surface area contributed by atoms with Crippen molar-refractivity contribution in [2.75, 3.05) is 7.11 Å². The summed E-state index contributed by atoms with van der Waals surface area (Å²) in [6, 6.07) is -0.982. The largest absolute Gasteiger partial charge is 0.459 e. The number of hydrogen-bond acceptors (Lipinski definition) is 3. The summed E-state index contributed by atoms with van der Waals surface area (Å²) in [7, 11) is 1.15. The summed E-state index contributed by atoms with van der Waals surface area (Å²) < 4.78 is 27.4. The molecule has 3 nitrogen and oxygen atoms in total. The molecule has 0 aliphatic rings. The lowest BCUT2D eigenvalue weighted by molar-refractivity contribution is -0.133. The smallest absolute Gasteiger partial charge is 0.384 e. The number of alkyl halides is 2. The Bertz CT molecular complexity index is 207. The van der Waals surface area contributed by atoms with Gasteiger partial charge in [0.15, 0.2) is 0 Å². The third kappa shape index (κ3) is 5.62. The molecule has 0 spiro atoms. The van der Waals surface area contributed by atoms with Crippen molar-refractivity contribution in [3.05, 3.63) is 0 Å². The fourth-order valence-electron chi connectivity index (χ4n) is 0.454. The number of rotatable bonds is 2. The number of hydrogen-bond donors (Lipinski definition) is 1. The molecular weight excluding hydrogens is 168 g/mol. The second kappa shape index (κ2) is 5.49. The van der Waals surface area contributed by atoms with Crippen molar-refractivity contribution in [1.29, 1.82) is 0 Å². The number of ether oxygens (including phenoxy) is 1. The standard InChI is InChI=1S/C7H9F2NO2/c1-12-7(11)3-2-5(10)4-6(8)9/h5-6H,4,10H2,1H3.